The van der Waals surface area contributed by atoms with Gasteiger partial charge in [0.1, 0.15) is 5.75 Å². The SMILES string of the molecule is COc1cccc(Cl)c1CN1CCC(CN)CC1. The summed E-state index contributed by atoms with van der Waals surface area (Å²) in [6.45, 7) is 3.86. The van der Waals surface area contributed by atoms with Crippen LogP contribution < -0.4 is 10.5 Å². The summed E-state index contributed by atoms with van der Waals surface area (Å²) >= 11 is 6.26. The number of hydrogen-bond acceptors (Lipinski definition) is 3. The van der Waals surface area contributed by atoms with Crippen LogP contribution in [-0.4, -0.2) is 31.6 Å². The molecule has 1 aromatic rings. The fourth-order valence-corrected chi connectivity index (χ4v) is 2.71. The van der Waals surface area contributed by atoms with Crippen LogP contribution in [0.3, 0.4) is 0 Å². The van der Waals surface area contributed by atoms with Gasteiger partial charge in [0.15, 0.2) is 0 Å². The van der Waals surface area contributed by atoms with E-state index >= 15 is 0 Å². The number of benzene rings is 1. The van der Waals surface area contributed by atoms with Crippen LogP contribution in [0.4, 0.5) is 0 Å². The monoisotopic (exact) mass is 268 g/mol. The van der Waals surface area contributed by atoms with Crippen molar-refractivity contribution in [3.8, 4) is 5.75 Å². The van der Waals surface area contributed by atoms with Crippen LogP contribution in [0.2, 0.25) is 5.02 Å². The Morgan fingerprint density at radius 3 is 2.72 bits per heavy atom. The number of halogens is 1. The zero-order valence-electron chi connectivity index (χ0n) is 10.9. The molecule has 18 heavy (non-hydrogen) atoms. The lowest BCUT2D eigenvalue weighted by molar-refractivity contribution is 0.179. The Morgan fingerprint density at radius 2 is 2.11 bits per heavy atom. The van der Waals surface area contributed by atoms with E-state index in [9.17, 15) is 0 Å². The van der Waals surface area contributed by atoms with Gasteiger partial charge in [-0.25, -0.2) is 0 Å². The maximum absolute atomic E-state index is 6.26. The Hall–Kier alpha value is -0.770. The van der Waals surface area contributed by atoms with Crippen molar-refractivity contribution in [2.45, 2.75) is 19.4 Å². The number of hydrogen-bond donors (Lipinski definition) is 1. The Balaban J connectivity index is 2.02. The molecule has 0 bridgehead atoms. The molecule has 0 spiro atoms. The van der Waals surface area contributed by atoms with Gasteiger partial charge >= 0.3 is 0 Å². The second-order valence-corrected chi connectivity index (χ2v) is 5.28. The predicted molar refractivity (Wildman–Crippen MR) is 75.1 cm³/mol. The summed E-state index contributed by atoms with van der Waals surface area (Å²) in [5.74, 6) is 1.57. The Bertz CT molecular complexity index is 389. The molecule has 1 aliphatic rings. The molecule has 0 aromatic heterocycles. The molecule has 0 amide bonds. The minimum absolute atomic E-state index is 0.689. The molecule has 1 aromatic carbocycles. The van der Waals surface area contributed by atoms with Crippen molar-refractivity contribution in [2.24, 2.45) is 11.7 Å². The van der Waals surface area contributed by atoms with E-state index in [2.05, 4.69) is 4.90 Å². The minimum atomic E-state index is 0.689. The number of rotatable bonds is 4. The molecule has 1 heterocycles. The summed E-state index contributed by atoms with van der Waals surface area (Å²) in [4.78, 5) is 2.43. The van der Waals surface area contributed by atoms with Crippen molar-refractivity contribution in [1.82, 2.24) is 4.90 Å². The van der Waals surface area contributed by atoms with Crippen LogP contribution in [0.1, 0.15) is 18.4 Å². The molecule has 0 atom stereocenters. The highest BCUT2D eigenvalue weighted by Crippen LogP contribution is 2.29. The van der Waals surface area contributed by atoms with Gasteiger partial charge in [-0.3, -0.25) is 4.90 Å². The maximum atomic E-state index is 6.26. The van der Waals surface area contributed by atoms with Crippen molar-refractivity contribution in [3.05, 3.63) is 28.8 Å². The lowest BCUT2D eigenvalue weighted by atomic mass is 9.97. The van der Waals surface area contributed by atoms with E-state index in [1.54, 1.807) is 7.11 Å². The van der Waals surface area contributed by atoms with Gasteiger partial charge in [-0.15, -0.1) is 0 Å². The summed E-state index contributed by atoms with van der Waals surface area (Å²) in [5.41, 5.74) is 6.80. The molecule has 0 saturated carbocycles. The molecule has 2 N–H and O–H groups in total. The molecule has 0 aliphatic carbocycles. The molecule has 1 aliphatic heterocycles. The zero-order valence-corrected chi connectivity index (χ0v) is 11.6. The molecule has 0 radical (unpaired) electrons. The molecule has 4 heteroatoms. The lowest BCUT2D eigenvalue weighted by Gasteiger charge is -2.31. The number of nitrogens with zero attached hydrogens (tertiary/aromatic N) is 1. The number of piperidine rings is 1. The van der Waals surface area contributed by atoms with Crippen LogP contribution in [-0.2, 0) is 6.54 Å². The van der Waals surface area contributed by atoms with E-state index < -0.39 is 0 Å². The highest BCUT2D eigenvalue weighted by atomic mass is 35.5. The first-order valence-electron chi connectivity index (χ1n) is 6.48. The average Bonchev–Trinajstić information content (AvgIpc) is 2.42. The molecule has 2 rings (SSSR count). The third-order valence-electron chi connectivity index (χ3n) is 3.72. The quantitative estimate of drug-likeness (QED) is 0.912. The highest BCUT2D eigenvalue weighted by Gasteiger charge is 2.20. The Labute approximate surface area is 114 Å². The second-order valence-electron chi connectivity index (χ2n) is 4.88. The third kappa shape index (κ3) is 3.16. The maximum Gasteiger partial charge on any atom is 0.124 e. The van der Waals surface area contributed by atoms with E-state index in [0.717, 1.165) is 42.5 Å². The first-order chi connectivity index (χ1) is 8.74. The molecule has 3 nitrogen and oxygen atoms in total. The predicted octanol–water partition coefficient (Wildman–Crippen LogP) is 2.52. The van der Waals surface area contributed by atoms with E-state index in [4.69, 9.17) is 22.1 Å². The van der Waals surface area contributed by atoms with Gasteiger partial charge in [0.2, 0.25) is 0 Å². The van der Waals surface area contributed by atoms with Gasteiger partial charge in [0.05, 0.1) is 7.11 Å². The highest BCUT2D eigenvalue weighted by molar-refractivity contribution is 6.31. The summed E-state index contributed by atoms with van der Waals surface area (Å²) in [6.07, 6.45) is 2.37. The third-order valence-corrected chi connectivity index (χ3v) is 4.07. The van der Waals surface area contributed by atoms with Crippen molar-refractivity contribution >= 4 is 11.6 Å². The number of nitrogens with two attached hydrogens (primary N) is 1. The number of methoxy groups -OCH3 is 1. The zero-order chi connectivity index (χ0) is 13.0. The van der Waals surface area contributed by atoms with Gasteiger partial charge in [-0.1, -0.05) is 17.7 Å². The van der Waals surface area contributed by atoms with Gasteiger partial charge in [-0.2, -0.15) is 0 Å². The molecule has 0 unspecified atom stereocenters. The fourth-order valence-electron chi connectivity index (χ4n) is 2.49. The van der Waals surface area contributed by atoms with Gasteiger partial charge in [0.25, 0.3) is 0 Å². The van der Waals surface area contributed by atoms with E-state index in [1.165, 1.54) is 12.8 Å². The second kappa shape index (κ2) is 6.41. The number of likely N-dealkylation sites (tertiary alicyclic amines) is 1. The Morgan fingerprint density at radius 1 is 1.39 bits per heavy atom. The minimum Gasteiger partial charge on any atom is -0.496 e. The van der Waals surface area contributed by atoms with Crippen LogP contribution >= 0.6 is 11.6 Å². The standard InChI is InChI=1S/C14H21ClN2O/c1-18-14-4-2-3-13(15)12(14)10-17-7-5-11(9-16)6-8-17/h2-4,11H,5-10,16H2,1H3. The topological polar surface area (TPSA) is 38.5 Å². The molecular formula is C14H21ClN2O. The van der Waals surface area contributed by atoms with Gasteiger partial charge in [0, 0.05) is 17.1 Å². The van der Waals surface area contributed by atoms with Crippen LogP contribution in [0.5, 0.6) is 5.75 Å². The van der Waals surface area contributed by atoms with Crippen molar-refractivity contribution < 1.29 is 4.74 Å². The van der Waals surface area contributed by atoms with Gasteiger partial charge < -0.3 is 10.5 Å². The van der Waals surface area contributed by atoms with Crippen LogP contribution in [0.25, 0.3) is 0 Å². The van der Waals surface area contributed by atoms with Gasteiger partial charge in [-0.05, 0) is 50.5 Å². The van der Waals surface area contributed by atoms with E-state index in [1.807, 2.05) is 18.2 Å². The summed E-state index contributed by atoms with van der Waals surface area (Å²) in [6, 6.07) is 5.81. The number of ether oxygens (including phenoxy) is 1. The first-order valence-corrected chi connectivity index (χ1v) is 6.86. The van der Waals surface area contributed by atoms with Crippen LogP contribution in [0.15, 0.2) is 18.2 Å². The van der Waals surface area contributed by atoms with Crippen molar-refractivity contribution in [3.63, 3.8) is 0 Å². The molecule has 1 saturated heterocycles. The molecule has 100 valence electrons. The largest absolute Gasteiger partial charge is 0.496 e. The lowest BCUT2D eigenvalue weighted by Crippen LogP contribution is -2.35. The molecule has 1 fully saturated rings. The summed E-state index contributed by atoms with van der Waals surface area (Å²) < 4.78 is 5.38. The fraction of sp³-hybridized carbons (Fsp3) is 0.571. The Kier molecular flexibility index (Phi) is 4.87. The van der Waals surface area contributed by atoms with Crippen LogP contribution in [0, 0.1) is 5.92 Å². The van der Waals surface area contributed by atoms with E-state index in [0.29, 0.717) is 5.92 Å². The average molecular weight is 269 g/mol. The van der Waals surface area contributed by atoms with Crippen molar-refractivity contribution in [1.29, 1.82) is 0 Å². The normalized spacial score (nSPS) is 17.9. The summed E-state index contributed by atoms with van der Waals surface area (Å²) in [7, 11) is 1.69. The van der Waals surface area contributed by atoms with E-state index in [-0.39, 0.29) is 0 Å². The first kappa shape index (κ1) is 13.7. The smallest absolute Gasteiger partial charge is 0.124 e. The summed E-state index contributed by atoms with van der Waals surface area (Å²) in [5, 5.41) is 0.787. The van der Waals surface area contributed by atoms with Crippen molar-refractivity contribution in [2.75, 3.05) is 26.7 Å². The molecular weight excluding hydrogens is 248 g/mol.